The molecule has 20 heavy (non-hydrogen) atoms. The highest BCUT2D eigenvalue weighted by atomic mass is 19.3. The van der Waals surface area contributed by atoms with E-state index in [0.29, 0.717) is 11.1 Å². The highest BCUT2D eigenvalue weighted by molar-refractivity contribution is 5.38. The fourth-order valence-electron chi connectivity index (χ4n) is 1.98. The molecule has 0 saturated heterocycles. The number of nitrogens with two attached hydrogens (primary N) is 1. The molecule has 0 saturated carbocycles. The number of aryl methyl sites for hydroxylation is 1. The molecule has 0 bridgehead atoms. The molecule has 0 radical (unpaired) electrons. The van der Waals surface area contributed by atoms with Crippen LogP contribution in [0, 0.1) is 12.7 Å². The Kier molecular flexibility index (Phi) is 4.29. The zero-order valence-corrected chi connectivity index (χ0v) is 10.8. The zero-order valence-electron chi connectivity index (χ0n) is 10.8. The highest BCUT2D eigenvalue weighted by Crippen LogP contribution is 2.25. The van der Waals surface area contributed by atoms with Gasteiger partial charge in [0.05, 0.1) is 6.04 Å². The molecule has 2 N–H and O–H groups in total. The molecular weight excluding hydrogens is 267 g/mol. The van der Waals surface area contributed by atoms with Crippen LogP contribution in [-0.2, 0) is 0 Å². The van der Waals surface area contributed by atoms with Gasteiger partial charge >= 0.3 is 6.61 Å². The molecule has 0 aliphatic rings. The van der Waals surface area contributed by atoms with Crippen LogP contribution < -0.4 is 10.5 Å². The number of halogens is 3. The first-order chi connectivity index (χ1) is 9.47. The summed E-state index contributed by atoms with van der Waals surface area (Å²) < 4.78 is 41.6. The van der Waals surface area contributed by atoms with Crippen molar-refractivity contribution in [3.63, 3.8) is 0 Å². The van der Waals surface area contributed by atoms with Gasteiger partial charge in [-0.2, -0.15) is 8.78 Å². The summed E-state index contributed by atoms with van der Waals surface area (Å²) in [6.07, 6.45) is 0. The summed E-state index contributed by atoms with van der Waals surface area (Å²) in [5.41, 5.74) is 8.30. The molecule has 0 heterocycles. The Morgan fingerprint density at radius 1 is 1.05 bits per heavy atom. The summed E-state index contributed by atoms with van der Waals surface area (Å²) in [4.78, 5) is 0. The molecule has 1 atom stereocenters. The molecule has 1 unspecified atom stereocenters. The smallest absolute Gasteiger partial charge is 0.387 e. The monoisotopic (exact) mass is 281 g/mol. The molecule has 0 aliphatic heterocycles. The third kappa shape index (κ3) is 3.30. The quantitative estimate of drug-likeness (QED) is 0.925. The second-order valence-electron chi connectivity index (χ2n) is 4.43. The molecule has 0 spiro atoms. The van der Waals surface area contributed by atoms with Crippen LogP contribution in [-0.4, -0.2) is 6.61 Å². The van der Waals surface area contributed by atoms with Gasteiger partial charge in [0.25, 0.3) is 0 Å². The van der Waals surface area contributed by atoms with Crippen molar-refractivity contribution in [1.29, 1.82) is 0 Å². The Hall–Kier alpha value is -2.01. The number of hydrogen-bond acceptors (Lipinski definition) is 2. The predicted molar refractivity (Wildman–Crippen MR) is 70.2 cm³/mol. The van der Waals surface area contributed by atoms with Gasteiger partial charge in [-0.05, 0) is 47.9 Å². The Balaban J connectivity index is 2.24. The summed E-state index contributed by atoms with van der Waals surface area (Å²) in [5.74, 6) is -0.300. The maximum atomic E-state index is 13.3. The molecule has 0 aromatic heterocycles. The van der Waals surface area contributed by atoms with Crippen LogP contribution in [0.5, 0.6) is 5.75 Å². The van der Waals surface area contributed by atoms with E-state index >= 15 is 0 Å². The van der Waals surface area contributed by atoms with Crippen LogP contribution in [0.15, 0.2) is 42.5 Å². The minimum Gasteiger partial charge on any atom is -0.435 e. The Morgan fingerprint density at radius 3 is 2.30 bits per heavy atom. The molecule has 0 fully saturated rings. The number of hydrogen-bond donors (Lipinski definition) is 1. The van der Waals surface area contributed by atoms with Gasteiger partial charge in [-0.25, -0.2) is 4.39 Å². The first-order valence-corrected chi connectivity index (χ1v) is 6.04. The molecule has 2 rings (SSSR count). The molecule has 0 amide bonds. The average molecular weight is 281 g/mol. The van der Waals surface area contributed by atoms with Gasteiger partial charge in [-0.3, -0.25) is 0 Å². The summed E-state index contributed by atoms with van der Waals surface area (Å²) in [7, 11) is 0. The van der Waals surface area contributed by atoms with Crippen molar-refractivity contribution in [2.45, 2.75) is 19.6 Å². The van der Waals surface area contributed by atoms with Gasteiger partial charge in [-0.15, -0.1) is 0 Å². The van der Waals surface area contributed by atoms with Crippen molar-refractivity contribution >= 4 is 0 Å². The van der Waals surface area contributed by atoms with Gasteiger partial charge in [0.2, 0.25) is 0 Å². The minimum absolute atomic E-state index is 0.0620. The number of alkyl halides is 2. The lowest BCUT2D eigenvalue weighted by molar-refractivity contribution is -0.0498. The van der Waals surface area contributed by atoms with Crippen LogP contribution in [0.25, 0.3) is 0 Å². The standard InChI is InChI=1S/C15H14F3NO/c1-9-2-5-11(16)8-13(9)14(19)10-3-6-12(7-4-10)20-15(17)18/h2-8,14-15H,19H2,1H3. The SMILES string of the molecule is Cc1ccc(F)cc1C(N)c1ccc(OC(F)F)cc1. The van der Waals surface area contributed by atoms with Crippen molar-refractivity contribution < 1.29 is 17.9 Å². The molecule has 2 aromatic rings. The number of benzene rings is 2. The summed E-state index contributed by atoms with van der Waals surface area (Å²) in [5, 5.41) is 0. The van der Waals surface area contributed by atoms with Gasteiger partial charge in [0, 0.05) is 0 Å². The predicted octanol–water partition coefficient (Wildman–Crippen LogP) is 3.78. The van der Waals surface area contributed by atoms with Crippen LogP contribution >= 0.6 is 0 Å². The first kappa shape index (κ1) is 14.4. The van der Waals surface area contributed by atoms with E-state index < -0.39 is 12.7 Å². The van der Waals surface area contributed by atoms with Crippen LogP contribution in [0.2, 0.25) is 0 Å². The van der Waals surface area contributed by atoms with E-state index in [-0.39, 0.29) is 11.6 Å². The Morgan fingerprint density at radius 2 is 1.70 bits per heavy atom. The lowest BCUT2D eigenvalue weighted by Crippen LogP contribution is -2.13. The summed E-state index contributed by atoms with van der Waals surface area (Å²) in [6, 6.07) is 9.88. The molecule has 0 aliphatic carbocycles. The van der Waals surface area contributed by atoms with Gasteiger partial charge in [-0.1, -0.05) is 18.2 Å². The lowest BCUT2D eigenvalue weighted by atomic mass is 9.95. The van der Waals surface area contributed by atoms with Gasteiger partial charge < -0.3 is 10.5 Å². The second kappa shape index (κ2) is 5.96. The molecule has 2 aromatic carbocycles. The zero-order chi connectivity index (χ0) is 14.7. The molecule has 5 heteroatoms. The van der Waals surface area contributed by atoms with E-state index in [1.807, 2.05) is 6.92 Å². The fraction of sp³-hybridized carbons (Fsp3) is 0.200. The van der Waals surface area contributed by atoms with Crippen molar-refractivity contribution in [3.8, 4) is 5.75 Å². The van der Waals surface area contributed by atoms with Crippen LogP contribution in [0.3, 0.4) is 0 Å². The molecule has 2 nitrogen and oxygen atoms in total. The molecule has 106 valence electrons. The van der Waals surface area contributed by atoms with Crippen molar-refractivity contribution in [2.24, 2.45) is 5.73 Å². The van der Waals surface area contributed by atoms with Crippen molar-refractivity contribution in [2.75, 3.05) is 0 Å². The normalized spacial score (nSPS) is 12.5. The van der Waals surface area contributed by atoms with Gasteiger partial charge in [0.15, 0.2) is 0 Å². The van der Waals surface area contributed by atoms with Crippen LogP contribution in [0.4, 0.5) is 13.2 Å². The van der Waals surface area contributed by atoms with E-state index in [1.54, 1.807) is 18.2 Å². The maximum absolute atomic E-state index is 13.3. The highest BCUT2D eigenvalue weighted by Gasteiger charge is 2.13. The van der Waals surface area contributed by atoms with E-state index in [9.17, 15) is 13.2 Å². The van der Waals surface area contributed by atoms with E-state index in [1.165, 1.54) is 24.3 Å². The maximum Gasteiger partial charge on any atom is 0.387 e. The largest absolute Gasteiger partial charge is 0.435 e. The number of rotatable bonds is 4. The fourth-order valence-corrected chi connectivity index (χ4v) is 1.98. The molecular formula is C15H14F3NO. The van der Waals surface area contributed by atoms with Crippen molar-refractivity contribution in [3.05, 3.63) is 65.0 Å². The number of ether oxygens (including phenoxy) is 1. The third-order valence-electron chi connectivity index (χ3n) is 3.04. The lowest BCUT2D eigenvalue weighted by Gasteiger charge is -2.16. The second-order valence-corrected chi connectivity index (χ2v) is 4.43. The summed E-state index contributed by atoms with van der Waals surface area (Å²) >= 11 is 0. The Bertz CT molecular complexity index is 584. The average Bonchev–Trinajstić information content (AvgIpc) is 2.41. The van der Waals surface area contributed by atoms with Crippen LogP contribution in [0.1, 0.15) is 22.7 Å². The summed E-state index contributed by atoms with van der Waals surface area (Å²) in [6.45, 7) is -1.02. The van der Waals surface area contributed by atoms with Crippen molar-refractivity contribution in [1.82, 2.24) is 0 Å². The minimum atomic E-state index is -2.86. The third-order valence-corrected chi connectivity index (χ3v) is 3.04. The van der Waals surface area contributed by atoms with Gasteiger partial charge in [0.1, 0.15) is 11.6 Å². The Labute approximate surface area is 115 Å². The van der Waals surface area contributed by atoms with E-state index in [2.05, 4.69) is 4.74 Å². The van der Waals surface area contributed by atoms with E-state index in [0.717, 1.165) is 5.56 Å². The topological polar surface area (TPSA) is 35.2 Å². The first-order valence-electron chi connectivity index (χ1n) is 6.04. The van der Waals surface area contributed by atoms with E-state index in [4.69, 9.17) is 5.73 Å².